The molecule has 0 aliphatic carbocycles. The number of hydrogen-bond acceptors (Lipinski definition) is 5. The Morgan fingerprint density at radius 2 is 1.90 bits per heavy atom. The van der Waals surface area contributed by atoms with Crippen molar-refractivity contribution in [1.29, 1.82) is 0 Å². The van der Waals surface area contributed by atoms with E-state index in [-0.39, 0.29) is 12.0 Å². The number of benzene rings is 2. The van der Waals surface area contributed by atoms with Gasteiger partial charge in [0.15, 0.2) is 0 Å². The lowest BCUT2D eigenvalue weighted by atomic mass is 10.1. The molecule has 1 aromatic heterocycles. The molecule has 1 saturated heterocycles. The van der Waals surface area contributed by atoms with E-state index in [1.807, 2.05) is 19.1 Å². The van der Waals surface area contributed by atoms with Gasteiger partial charge in [-0.1, -0.05) is 17.7 Å². The highest BCUT2D eigenvalue weighted by molar-refractivity contribution is 7.98. The third-order valence-corrected chi connectivity index (χ3v) is 6.22. The van der Waals surface area contributed by atoms with Gasteiger partial charge in [-0.15, -0.1) is 11.8 Å². The maximum atomic E-state index is 12.3. The van der Waals surface area contributed by atoms with Gasteiger partial charge in [0.25, 0.3) is 5.91 Å². The highest BCUT2D eigenvalue weighted by atomic mass is 32.2. The number of aryl methyl sites for hydroxylation is 2. The standard InChI is InChI=1S/C24H26N2O3S/c1-16-5-11-21(12-6-16)30-15-22-17(2)29-24(26-22)19-9-7-18(8-10-19)23(27)25-14-20-4-3-13-28-20/h5-12,20H,3-4,13-15H2,1-2H3,(H,25,27)/t20-/m0/s1. The molecule has 2 aromatic carbocycles. The maximum absolute atomic E-state index is 12.3. The van der Waals surface area contributed by atoms with Gasteiger partial charge in [0.1, 0.15) is 5.76 Å². The Kier molecular flexibility index (Phi) is 6.55. The van der Waals surface area contributed by atoms with Gasteiger partial charge in [0.05, 0.1) is 11.8 Å². The third kappa shape index (κ3) is 5.12. The fraction of sp³-hybridized carbons (Fsp3) is 0.333. The van der Waals surface area contributed by atoms with Crippen LogP contribution in [0.1, 0.15) is 40.2 Å². The van der Waals surface area contributed by atoms with E-state index in [0.29, 0.717) is 18.0 Å². The summed E-state index contributed by atoms with van der Waals surface area (Å²) in [5, 5.41) is 2.94. The monoisotopic (exact) mass is 422 g/mol. The van der Waals surface area contributed by atoms with Crippen molar-refractivity contribution in [2.45, 2.75) is 43.4 Å². The zero-order valence-electron chi connectivity index (χ0n) is 17.3. The second kappa shape index (κ2) is 9.49. The van der Waals surface area contributed by atoms with Crippen LogP contribution in [0, 0.1) is 13.8 Å². The summed E-state index contributed by atoms with van der Waals surface area (Å²) in [5.41, 5.74) is 3.67. The van der Waals surface area contributed by atoms with Gasteiger partial charge in [0.2, 0.25) is 5.89 Å². The van der Waals surface area contributed by atoms with Crippen LogP contribution in [0.15, 0.2) is 57.8 Å². The predicted octanol–water partition coefficient (Wildman–Crippen LogP) is 5.16. The summed E-state index contributed by atoms with van der Waals surface area (Å²) in [7, 11) is 0. The smallest absolute Gasteiger partial charge is 0.251 e. The summed E-state index contributed by atoms with van der Waals surface area (Å²) in [6.45, 7) is 5.37. The summed E-state index contributed by atoms with van der Waals surface area (Å²) < 4.78 is 11.4. The minimum atomic E-state index is -0.0872. The summed E-state index contributed by atoms with van der Waals surface area (Å²) in [6.07, 6.45) is 2.21. The predicted molar refractivity (Wildman–Crippen MR) is 119 cm³/mol. The summed E-state index contributed by atoms with van der Waals surface area (Å²) >= 11 is 1.74. The number of aromatic nitrogens is 1. The molecule has 3 aromatic rings. The SMILES string of the molecule is Cc1ccc(SCc2nc(-c3ccc(C(=O)NC[C@@H]4CCCO4)cc3)oc2C)cc1. The summed E-state index contributed by atoms with van der Waals surface area (Å²) in [6, 6.07) is 15.8. The first-order chi connectivity index (χ1) is 14.6. The Balaban J connectivity index is 1.37. The topological polar surface area (TPSA) is 64.4 Å². The lowest BCUT2D eigenvalue weighted by molar-refractivity contribution is 0.0858. The normalized spacial score (nSPS) is 16.0. The van der Waals surface area contributed by atoms with E-state index in [0.717, 1.165) is 42.2 Å². The number of nitrogens with one attached hydrogen (secondary N) is 1. The molecule has 1 fully saturated rings. The molecular formula is C24H26N2O3S. The third-order valence-electron chi connectivity index (χ3n) is 5.20. The number of oxazole rings is 1. The first-order valence-electron chi connectivity index (χ1n) is 10.2. The average molecular weight is 423 g/mol. The van der Waals surface area contributed by atoms with Crippen LogP contribution in [0.25, 0.3) is 11.5 Å². The van der Waals surface area contributed by atoms with Crippen LogP contribution in [0.3, 0.4) is 0 Å². The molecular weight excluding hydrogens is 396 g/mol. The Morgan fingerprint density at radius 1 is 1.13 bits per heavy atom. The maximum Gasteiger partial charge on any atom is 0.251 e. The van der Waals surface area contributed by atoms with Gasteiger partial charge in [-0.2, -0.15) is 0 Å². The first kappa shape index (κ1) is 20.7. The van der Waals surface area contributed by atoms with Crippen molar-refractivity contribution in [1.82, 2.24) is 10.3 Å². The zero-order valence-corrected chi connectivity index (χ0v) is 18.1. The van der Waals surface area contributed by atoms with Crippen LogP contribution >= 0.6 is 11.8 Å². The van der Waals surface area contributed by atoms with Gasteiger partial charge in [-0.25, -0.2) is 4.98 Å². The molecule has 156 valence electrons. The molecule has 1 atom stereocenters. The molecule has 6 heteroatoms. The highest BCUT2D eigenvalue weighted by Gasteiger charge is 2.17. The van der Waals surface area contributed by atoms with E-state index < -0.39 is 0 Å². The molecule has 1 aliphatic rings. The Labute approximate surface area is 181 Å². The van der Waals surface area contributed by atoms with E-state index in [1.54, 1.807) is 23.9 Å². The van der Waals surface area contributed by atoms with Crippen molar-refractivity contribution in [3.8, 4) is 11.5 Å². The quantitative estimate of drug-likeness (QED) is 0.533. The van der Waals surface area contributed by atoms with E-state index in [9.17, 15) is 4.79 Å². The molecule has 5 nitrogen and oxygen atoms in total. The van der Waals surface area contributed by atoms with E-state index in [2.05, 4.69) is 41.5 Å². The lowest BCUT2D eigenvalue weighted by Crippen LogP contribution is -2.31. The van der Waals surface area contributed by atoms with Crippen LogP contribution < -0.4 is 5.32 Å². The molecule has 0 spiro atoms. The van der Waals surface area contributed by atoms with Crippen molar-refractivity contribution in [3.05, 3.63) is 71.1 Å². The van der Waals surface area contributed by atoms with Crippen molar-refractivity contribution >= 4 is 17.7 Å². The summed E-state index contributed by atoms with van der Waals surface area (Å²) in [4.78, 5) is 18.2. The Bertz CT molecular complexity index is 990. The minimum Gasteiger partial charge on any atom is -0.441 e. The van der Waals surface area contributed by atoms with Gasteiger partial charge in [0, 0.05) is 34.9 Å². The number of thioether (sulfide) groups is 1. The molecule has 1 N–H and O–H groups in total. The number of carbonyl (C=O) groups is 1. The van der Waals surface area contributed by atoms with E-state index >= 15 is 0 Å². The van der Waals surface area contributed by atoms with Crippen LogP contribution in [-0.4, -0.2) is 30.1 Å². The molecule has 30 heavy (non-hydrogen) atoms. The van der Waals surface area contributed by atoms with Gasteiger partial charge in [-0.05, 0) is 63.1 Å². The van der Waals surface area contributed by atoms with Crippen molar-refractivity contribution in [2.75, 3.05) is 13.2 Å². The molecule has 0 unspecified atom stereocenters. The number of amides is 1. The molecule has 4 rings (SSSR count). The van der Waals surface area contributed by atoms with E-state index in [4.69, 9.17) is 9.15 Å². The number of carbonyl (C=O) groups excluding carboxylic acids is 1. The van der Waals surface area contributed by atoms with Gasteiger partial charge in [-0.3, -0.25) is 4.79 Å². The first-order valence-corrected chi connectivity index (χ1v) is 11.2. The number of hydrogen-bond donors (Lipinski definition) is 1. The second-order valence-corrected chi connectivity index (χ2v) is 8.59. The summed E-state index contributed by atoms with van der Waals surface area (Å²) in [5.74, 6) is 2.07. The zero-order chi connectivity index (χ0) is 20.9. The number of rotatable bonds is 7. The average Bonchev–Trinajstić information content (AvgIpc) is 3.41. The van der Waals surface area contributed by atoms with Crippen molar-refractivity contribution in [3.63, 3.8) is 0 Å². The molecule has 2 heterocycles. The van der Waals surface area contributed by atoms with Crippen LogP contribution in [-0.2, 0) is 10.5 Å². The molecule has 0 bridgehead atoms. The Morgan fingerprint density at radius 3 is 2.60 bits per heavy atom. The van der Waals surface area contributed by atoms with Crippen LogP contribution in [0.4, 0.5) is 0 Å². The number of nitrogens with zero attached hydrogens (tertiary/aromatic N) is 1. The fourth-order valence-electron chi connectivity index (χ4n) is 3.35. The number of ether oxygens (including phenoxy) is 1. The minimum absolute atomic E-state index is 0.0872. The van der Waals surface area contributed by atoms with Crippen LogP contribution in [0.2, 0.25) is 0 Å². The molecule has 0 radical (unpaired) electrons. The fourth-order valence-corrected chi connectivity index (χ4v) is 4.25. The molecule has 1 aliphatic heterocycles. The van der Waals surface area contributed by atoms with E-state index in [1.165, 1.54) is 10.5 Å². The van der Waals surface area contributed by atoms with Crippen LogP contribution in [0.5, 0.6) is 0 Å². The molecule has 0 saturated carbocycles. The second-order valence-electron chi connectivity index (χ2n) is 7.55. The van der Waals surface area contributed by atoms with Crippen molar-refractivity contribution < 1.29 is 13.9 Å². The highest BCUT2D eigenvalue weighted by Crippen LogP contribution is 2.28. The van der Waals surface area contributed by atoms with Crippen molar-refractivity contribution in [2.24, 2.45) is 0 Å². The molecule has 1 amide bonds. The largest absolute Gasteiger partial charge is 0.441 e. The van der Waals surface area contributed by atoms with Gasteiger partial charge >= 0.3 is 0 Å². The van der Waals surface area contributed by atoms with Gasteiger partial charge < -0.3 is 14.5 Å². The lowest BCUT2D eigenvalue weighted by Gasteiger charge is -2.10. The Hall–Kier alpha value is -2.57.